The van der Waals surface area contributed by atoms with Crippen molar-refractivity contribution in [3.8, 4) is 0 Å². The van der Waals surface area contributed by atoms with Crippen molar-refractivity contribution in [3.63, 3.8) is 0 Å². The minimum Gasteiger partial charge on any atom is -0.367 e. The van der Waals surface area contributed by atoms with Crippen molar-refractivity contribution in [1.82, 2.24) is 9.97 Å². The number of hydrogen-bond donors (Lipinski definition) is 3. The predicted octanol–water partition coefficient (Wildman–Crippen LogP) is 1.71. The summed E-state index contributed by atoms with van der Waals surface area (Å²) in [4.78, 5) is 8.14. The normalized spacial score (nSPS) is 12.2. The molecule has 1 atom stereocenters. The zero-order valence-electron chi connectivity index (χ0n) is 9.73. The van der Waals surface area contributed by atoms with Gasteiger partial charge in [0.2, 0.25) is 5.95 Å². The summed E-state index contributed by atoms with van der Waals surface area (Å²) in [5, 5.41) is 3.32. The van der Waals surface area contributed by atoms with E-state index in [2.05, 4.69) is 34.6 Å². The summed E-state index contributed by atoms with van der Waals surface area (Å²) in [6.07, 6.45) is 2.80. The molecule has 0 aromatic carbocycles. The van der Waals surface area contributed by atoms with Crippen LogP contribution >= 0.6 is 11.8 Å². The van der Waals surface area contributed by atoms with Crippen LogP contribution in [0, 0.1) is 0 Å². The predicted molar refractivity (Wildman–Crippen MR) is 70.5 cm³/mol. The Morgan fingerprint density at radius 3 is 3.06 bits per heavy atom. The number of anilines is 2. The first kappa shape index (κ1) is 13.1. The highest BCUT2D eigenvalue weighted by Gasteiger charge is 2.03. The van der Waals surface area contributed by atoms with Crippen LogP contribution in [0.5, 0.6) is 0 Å². The Balaban J connectivity index is 2.39. The van der Waals surface area contributed by atoms with Crippen molar-refractivity contribution in [2.24, 2.45) is 5.84 Å². The zero-order chi connectivity index (χ0) is 11.8. The molecule has 1 unspecified atom stereocenters. The minimum atomic E-state index is 0.402. The van der Waals surface area contributed by atoms with Gasteiger partial charge in [-0.3, -0.25) is 5.43 Å². The first-order valence-electron chi connectivity index (χ1n) is 5.40. The van der Waals surface area contributed by atoms with Gasteiger partial charge in [0.25, 0.3) is 0 Å². The summed E-state index contributed by atoms with van der Waals surface area (Å²) < 4.78 is 0. The van der Waals surface area contributed by atoms with E-state index in [4.69, 9.17) is 5.84 Å². The summed E-state index contributed by atoms with van der Waals surface area (Å²) in [6, 6.07) is 2.24. The fraction of sp³-hybridized carbons (Fsp3) is 0.600. The topological polar surface area (TPSA) is 75.9 Å². The Bertz CT molecular complexity index is 307. The van der Waals surface area contributed by atoms with E-state index in [1.807, 2.05) is 17.8 Å². The van der Waals surface area contributed by atoms with Crippen molar-refractivity contribution in [2.75, 3.05) is 22.2 Å². The number of thioether (sulfide) groups is 1. The number of rotatable bonds is 7. The van der Waals surface area contributed by atoms with Crippen molar-refractivity contribution in [1.29, 1.82) is 0 Å². The van der Waals surface area contributed by atoms with E-state index in [0.717, 1.165) is 18.0 Å². The average molecular weight is 241 g/mol. The lowest BCUT2D eigenvalue weighted by molar-refractivity contribution is 0.766. The van der Waals surface area contributed by atoms with E-state index in [9.17, 15) is 0 Å². The van der Waals surface area contributed by atoms with E-state index in [1.54, 1.807) is 6.20 Å². The number of aromatic nitrogens is 2. The molecule has 0 fully saturated rings. The molecule has 0 spiro atoms. The third kappa shape index (κ3) is 4.67. The Hall–Kier alpha value is -1.01. The van der Waals surface area contributed by atoms with Crippen LogP contribution in [0.1, 0.15) is 20.3 Å². The summed E-state index contributed by atoms with van der Waals surface area (Å²) in [7, 11) is 0. The van der Waals surface area contributed by atoms with Gasteiger partial charge in [-0.15, -0.1) is 0 Å². The van der Waals surface area contributed by atoms with Crippen LogP contribution in [0.2, 0.25) is 0 Å². The molecule has 0 bridgehead atoms. The number of hydrazine groups is 1. The maximum atomic E-state index is 5.24. The largest absolute Gasteiger partial charge is 0.367 e. The van der Waals surface area contributed by atoms with Gasteiger partial charge < -0.3 is 5.32 Å². The highest BCUT2D eigenvalue weighted by molar-refractivity contribution is 7.99. The van der Waals surface area contributed by atoms with E-state index in [1.165, 1.54) is 5.75 Å². The van der Waals surface area contributed by atoms with Crippen LogP contribution in [-0.2, 0) is 0 Å². The number of nitrogens with zero attached hydrogens (tertiary/aromatic N) is 2. The molecule has 0 aliphatic rings. The van der Waals surface area contributed by atoms with Crippen molar-refractivity contribution >= 4 is 23.5 Å². The molecule has 0 aliphatic carbocycles. The maximum Gasteiger partial charge on any atom is 0.239 e. The second-order valence-corrected chi connectivity index (χ2v) is 4.83. The molecule has 1 heterocycles. The van der Waals surface area contributed by atoms with Crippen LogP contribution in [0.3, 0.4) is 0 Å². The number of hydrogen-bond acceptors (Lipinski definition) is 6. The molecule has 1 rings (SSSR count). The SMILES string of the molecule is CCSCCC(C)Nc1ccnc(NN)n1. The molecule has 0 amide bonds. The second kappa shape index (κ2) is 7.29. The summed E-state index contributed by atoms with van der Waals surface area (Å²) in [6.45, 7) is 4.32. The van der Waals surface area contributed by atoms with Gasteiger partial charge >= 0.3 is 0 Å². The van der Waals surface area contributed by atoms with Gasteiger partial charge in [0.05, 0.1) is 0 Å². The Morgan fingerprint density at radius 2 is 2.38 bits per heavy atom. The third-order valence-corrected chi connectivity index (χ3v) is 3.01. The number of nitrogens with one attached hydrogen (secondary N) is 2. The van der Waals surface area contributed by atoms with Gasteiger partial charge in [0.1, 0.15) is 5.82 Å². The monoisotopic (exact) mass is 241 g/mol. The molecular weight excluding hydrogens is 222 g/mol. The highest BCUT2D eigenvalue weighted by atomic mass is 32.2. The Labute approximate surface area is 101 Å². The van der Waals surface area contributed by atoms with Crippen LogP contribution in [0.15, 0.2) is 12.3 Å². The number of nitrogen functional groups attached to an aromatic ring is 1. The molecule has 90 valence electrons. The van der Waals surface area contributed by atoms with Gasteiger partial charge in [-0.1, -0.05) is 6.92 Å². The third-order valence-electron chi connectivity index (χ3n) is 2.08. The Morgan fingerprint density at radius 1 is 1.56 bits per heavy atom. The molecule has 0 radical (unpaired) electrons. The fourth-order valence-corrected chi connectivity index (χ4v) is 2.05. The van der Waals surface area contributed by atoms with Gasteiger partial charge in [0, 0.05) is 12.2 Å². The summed E-state index contributed by atoms with van der Waals surface area (Å²) in [5.74, 6) is 8.81. The van der Waals surface area contributed by atoms with Gasteiger partial charge in [-0.05, 0) is 30.9 Å². The lowest BCUT2D eigenvalue weighted by atomic mass is 10.2. The quantitative estimate of drug-likeness (QED) is 0.383. The van der Waals surface area contributed by atoms with Crippen LogP contribution in [0.4, 0.5) is 11.8 Å². The van der Waals surface area contributed by atoms with Crippen LogP contribution in [-0.4, -0.2) is 27.5 Å². The standard InChI is InChI=1S/C10H19N5S/c1-3-16-7-5-8(2)13-9-4-6-12-10(14-9)15-11/h4,6,8H,3,5,7,11H2,1-2H3,(H2,12,13,14,15). The first-order chi connectivity index (χ1) is 7.76. The molecule has 0 aliphatic heterocycles. The Kier molecular flexibility index (Phi) is 5.95. The zero-order valence-corrected chi connectivity index (χ0v) is 10.5. The molecule has 5 nitrogen and oxygen atoms in total. The van der Waals surface area contributed by atoms with Gasteiger partial charge in [-0.2, -0.15) is 16.7 Å². The lowest BCUT2D eigenvalue weighted by Gasteiger charge is -2.14. The summed E-state index contributed by atoms with van der Waals surface area (Å²) in [5.41, 5.74) is 2.43. The molecule has 0 saturated carbocycles. The maximum absolute atomic E-state index is 5.24. The van der Waals surface area contributed by atoms with E-state index in [0.29, 0.717) is 12.0 Å². The minimum absolute atomic E-state index is 0.402. The molecule has 4 N–H and O–H groups in total. The summed E-state index contributed by atoms with van der Waals surface area (Å²) >= 11 is 1.95. The highest BCUT2D eigenvalue weighted by Crippen LogP contribution is 2.10. The first-order valence-corrected chi connectivity index (χ1v) is 6.55. The molecular formula is C10H19N5S. The van der Waals surface area contributed by atoms with Crippen molar-refractivity contribution in [3.05, 3.63) is 12.3 Å². The van der Waals surface area contributed by atoms with Crippen LogP contribution < -0.4 is 16.6 Å². The fourth-order valence-electron chi connectivity index (χ4n) is 1.24. The molecule has 6 heteroatoms. The van der Waals surface area contributed by atoms with Gasteiger partial charge in [-0.25, -0.2) is 10.8 Å². The van der Waals surface area contributed by atoms with Crippen LogP contribution in [0.25, 0.3) is 0 Å². The van der Waals surface area contributed by atoms with Gasteiger partial charge in [0.15, 0.2) is 0 Å². The lowest BCUT2D eigenvalue weighted by Crippen LogP contribution is -2.18. The molecule has 1 aromatic rings. The van der Waals surface area contributed by atoms with E-state index >= 15 is 0 Å². The molecule has 1 aromatic heterocycles. The van der Waals surface area contributed by atoms with Crippen molar-refractivity contribution in [2.45, 2.75) is 26.3 Å². The van der Waals surface area contributed by atoms with E-state index < -0.39 is 0 Å². The van der Waals surface area contributed by atoms with Crippen molar-refractivity contribution < 1.29 is 0 Å². The molecule has 0 saturated heterocycles. The number of nitrogens with two attached hydrogens (primary N) is 1. The molecule has 16 heavy (non-hydrogen) atoms. The second-order valence-electron chi connectivity index (χ2n) is 3.44. The smallest absolute Gasteiger partial charge is 0.239 e. The van der Waals surface area contributed by atoms with E-state index in [-0.39, 0.29) is 0 Å². The average Bonchev–Trinajstić information content (AvgIpc) is 2.29.